The van der Waals surface area contributed by atoms with Gasteiger partial charge in [-0.25, -0.2) is 13.1 Å². The third kappa shape index (κ3) is 6.61. The normalized spacial score (nSPS) is 17.9. The lowest BCUT2D eigenvalue weighted by molar-refractivity contribution is -0.0295. The molecule has 1 atom stereocenters. The van der Waals surface area contributed by atoms with Gasteiger partial charge in [0.1, 0.15) is 0 Å². The van der Waals surface area contributed by atoms with Crippen LogP contribution in [-0.2, 0) is 21.3 Å². The van der Waals surface area contributed by atoms with Gasteiger partial charge in [-0.15, -0.1) is 11.3 Å². The SMILES string of the molecule is CC(C)CN1CCOC(CNC(=O)c2ccc(S(=O)(=O)NCc3cccs3)cc2)C1. The van der Waals surface area contributed by atoms with Gasteiger partial charge >= 0.3 is 0 Å². The van der Waals surface area contributed by atoms with Crippen molar-refractivity contribution in [2.75, 3.05) is 32.8 Å². The molecule has 0 spiro atoms. The zero-order valence-electron chi connectivity index (χ0n) is 17.3. The minimum atomic E-state index is -3.62. The van der Waals surface area contributed by atoms with Gasteiger partial charge in [-0.1, -0.05) is 19.9 Å². The van der Waals surface area contributed by atoms with Crippen LogP contribution < -0.4 is 10.0 Å². The molecule has 0 saturated carbocycles. The highest BCUT2D eigenvalue weighted by atomic mass is 32.2. The predicted octanol–water partition coefficient (Wildman–Crippen LogP) is 2.31. The molecule has 3 rings (SSSR count). The van der Waals surface area contributed by atoms with Crippen molar-refractivity contribution in [1.82, 2.24) is 14.9 Å². The number of thiophene rings is 1. The molecule has 30 heavy (non-hydrogen) atoms. The summed E-state index contributed by atoms with van der Waals surface area (Å²) in [6, 6.07) is 9.71. The molecule has 9 heteroatoms. The fourth-order valence-corrected chi connectivity index (χ4v) is 5.09. The van der Waals surface area contributed by atoms with E-state index in [0.717, 1.165) is 24.5 Å². The third-order valence-electron chi connectivity index (χ3n) is 4.78. The fourth-order valence-electron chi connectivity index (χ4n) is 3.34. The Kier molecular flexibility index (Phi) is 8.01. The summed E-state index contributed by atoms with van der Waals surface area (Å²) in [5, 5.41) is 4.79. The first kappa shape index (κ1) is 22.9. The number of rotatable bonds is 9. The number of hydrogen-bond acceptors (Lipinski definition) is 6. The first-order chi connectivity index (χ1) is 14.3. The van der Waals surface area contributed by atoms with E-state index in [-0.39, 0.29) is 23.5 Å². The molecule has 0 radical (unpaired) electrons. The second-order valence-electron chi connectivity index (χ2n) is 7.78. The standard InChI is InChI=1S/C21H29N3O4S2/c1-16(2)14-24-9-10-28-18(15-24)12-22-21(25)17-5-7-20(8-6-17)30(26,27)23-13-19-4-3-11-29-19/h3-8,11,16,18,23H,9-10,12-15H2,1-2H3,(H,22,25). The van der Waals surface area contributed by atoms with E-state index >= 15 is 0 Å². The van der Waals surface area contributed by atoms with Crippen LogP contribution in [0.1, 0.15) is 29.1 Å². The first-order valence-electron chi connectivity index (χ1n) is 10.1. The summed E-state index contributed by atoms with van der Waals surface area (Å²) in [5.41, 5.74) is 0.419. The molecule has 0 bridgehead atoms. The first-order valence-corrected chi connectivity index (χ1v) is 12.4. The molecular weight excluding hydrogens is 422 g/mol. The van der Waals surface area contributed by atoms with Crippen LogP contribution in [0, 0.1) is 5.92 Å². The lowest BCUT2D eigenvalue weighted by atomic mass is 10.1. The highest BCUT2D eigenvalue weighted by Gasteiger charge is 2.22. The van der Waals surface area contributed by atoms with Crippen molar-refractivity contribution >= 4 is 27.3 Å². The largest absolute Gasteiger partial charge is 0.374 e. The number of nitrogens with one attached hydrogen (secondary N) is 2. The number of morpholine rings is 1. The Bertz CT molecular complexity index is 912. The maximum absolute atomic E-state index is 12.4. The van der Waals surface area contributed by atoms with E-state index in [2.05, 4.69) is 28.8 Å². The fraction of sp³-hybridized carbons (Fsp3) is 0.476. The molecule has 1 amide bonds. The molecule has 0 aliphatic carbocycles. The van der Waals surface area contributed by atoms with Crippen LogP contribution in [0.2, 0.25) is 0 Å². The van der Waals surface area contributed by atoms with Crippen molar-refractivity contribution in [1.29, 1.82) is 0 Å². The van der Waals surface area contributed by atoms with Gasteiger partial charge in [0.05, 0.1) is 17.6 Å². The lowest BCUT2D eigenvalue weighted by Gasteiger charge is -2.33. The number of carbonyl (C=O) groups excluding carboxylic acids is 1. The van der Waals surface area contributed by atoms with E-state index in [1.54, 1.807) is 0 Å². The van der Waals surface area contributed by atoms with Crippen molar-refractivity contribution < 1.29 is 17.9 Å². The number of hydrogen-bond donors (Lipinski definition) is 2. The highest BCUT2D eigenvalue weighted by molar-refractivity contribution is 7.89. The lowest BCUT2D eigenvalue weighted by Crippen LogP contribution is -2.48. The summed E-state index contributed by atoms with van der Waals surface area (Å²) in [5.74, 6) is 0.350. The summed E-state index contributed by atoms with van der Waals surface area (Å²) in [7, 11) is -3.62. The van der Waals surface area contributed by atoms with Crippen LogP contribution in [0.3, 0.4) is 0 Å². The zero-order valence-corrected chi connectivity index (χ0v) is 19.0. The summed E-state index contributed by atoms with van der Waals surface area (Å²) >= 11 is 1.49. The van der Waals surface area contributed by atoms with Crippen molar-refractivity contribution in [2.24, 2.45) is 5.92 Å². The Morgan fingerprint density at radius 2 is 2.03 bits per heavy atom. The van der Waals surface area contributed by atoms with Gasteiger partial charge in [0, 0.05) is 43.2 Å². The van der Waals surface area contributed by atoms with Gasteiger partial charge in [-0.2, -0.15) is 0 Å². The molecule has 1 saturated heterocycles. The highest BCUT2D eigenvalue weighted by Crippen LogP contribution is 2.14. The van der Waals surface area contributed by atoms with Gasteiger partial charge in [0.15, 0.2) is 0 Å². The Balaban J connectivity index is 1.51. The van der Waals surface area contributed by atoms with Crippen LogP contribution in [0.4, 0.5) is 0 Å². The summed E-state index contributed by atoms with van der Waals surface area (Å²) in [4.78, 5) is 15.9. The van der Waals surface area contributed by atoms with Crippen molar-refractivity contribution in [3.63, 3.8) is 0 Å². The Morgan fingerprint density at radius 1 is 1.27 bits per heavy atom. The summed E-state index contributed by atoms with van der Waals surface area (Å²) < 4.78 is 33.2. The molecule has 1 aliphatic heterocycles. The molecule has 1 aliphatic rings. The second kappa shape index (κ2) is 10.5. The maximum Gasteiger partial charge on any atom is 0.251 e. The van der Waals surface area contributed by atoms with Gasteiger partial charge in [-0.3, -0.25) is 9.69 Å². The summed E-state index contributed by atoms with van der Waals surface area (Å²) in [6.45, 7) is 8.45. The third-order valence-corrected chi connectivity index (χ3v) is 7.07. The average molecular weight is 452 g/mol. The molecule has 2 heterocycles. The van der Waals surface area contributed by atoms with Crippen LogP contribution in [-0.4, -0.2) is 58.1 Å². The number of amides is 1. The van der Waals surface area contributed by atoms with Crippen molar-refractivity contribution in [2.45, 2.75) is 31.4 Å². The minimum absolute atomic E-state index is 0.0393. The Labute approximate surface area is 182 Å². The van der Waals surface area contributed by atoms with E-state index in [4.69, 9.17) is 4.74 Å². The molecule has 7 nitrogen and oxygen atoms in total. The van der Waals surface area contributed by atoms with E-state index < -0.39 is 10.0 Å². The Hall–Kier alpha value is -1.78. The average Bonchev–Trinajstić information content (AvgIpc) is 3.24. The number of nitrogens with zero attached hydrogens (tertiary/aromatic N) is 1. The van der Waals surface area contributed by atoms with Crippen LogP contribution in [0.5, 0.6) is 0 Å². The molecular formula is C21H29N3O4S2. The van der Waals surface area contributed by atoms with Crippen LogP contribution in [0.15, 0.2) is 46.7 Å². The number of benzene rings is 1. The zero-order chi connectivity index (χ0) is 21.6. The molecule has 1 aromatic carbocycles. The topological polar surface area (TPSA) is 87.7 Å². The van der Waals surface area contributed by atoms with Gasteiger partial charge in [0.25, 0.3) is 5.91 Å². The van der Waals surface area contributed by atoms with E-state index in [0.29, 0.717) is 24.6 Å². The Morgan fingerprint density at radius 3 is 2.70 bits per heavy atom. The monoisotopic (exact) mass is 451 g/mol. The quantitative estimate of drug-likeness (QED) is 0.611. The molecule has 2 N–H and O–H groups in total. The summed E-state index contributed by atoms with van der Waals surface area (Å²) in [6.07, 6.45) is -0.0393. The van der Waals surface area contributed by atoms with Crippen molar-refractivity contribution in [3.8, 4) is 0 Å². The molecule has 1 fully saturated rings. The number of ether oxygens (including phenoxy) is 1. The second-order valence-corrected chi connectivity index (χ2v) is 10.6. The maximum atomic E-state index is 12.4. The minimum Gasteiger partial charge on any atom is -0.374 e. The number of sulfonamides is 1. The molecule has 2 aromatic rings. The van der Waals surface area contributed by atoms with E-state index in [9.17, 15) is 13.2 Å². The molecule has 1 aromatic heterocycles. The van der Waals surface area contributed by atoms with Gasteiger partial charge in [0.2, 0.25) is 10.0 Å². The predicted molar refractivity (Wildman–Crippen MR) is 118 cm³/mol. The number of carbonyl (C=O) groups is 1. The smallest absolute Gasteiger partial charge is 0.251 e. The van der Waals surface area contributed by atoms with E-state index in [1.807, 2.05) is 17.5 Å². The molecule has 1 unspecified atom stereocenters. The van der Waals surface area contributed by atoms with Gasteiger partial charge < -0.3 is 10.1 Å². The molecule has 164 valence electrons. The van der Waals surface area contributed by atoms with Crippen LogP contribution in [0.25, 0.3) is 0 Å². The van der Waals surface area contributed by atoms with Crippen molar-refractivity contribution in [3.05, 3.63) is 52.2 Å². The van der Waals surface area contributed by atoms with Gasteiger partial charge in [-0.05, 0) is 41.6 Å². The van der Waals surface area contributed by atoms with E-state index in [1.165, 1.54) is 35.6 Å². The van der Waals surface area contributed by atoms with Crippen LogP contribution >= 0.6 is 11.3 Å².